The topological polar surface area (TPSA) is 64.1 Å². The van der Waals surface area contributed by atoms with Gasteiger partial charge in [-0.2, -0.15) is 0 Å². The van der Waals surface area contributed by atoms with Crippen molar-refractivity contribution in [3.05, 3.63) is 17.0 Å². The van der Waals surface area contributed by atoms with E-state index in [1.165, 1.54) is 12.4 Å². The molecule has 0 radical (unpaired) electrons. The maximum atomic E-state index is 11.1. The zero-order valence-corrected chi connectivity index (χ0v) is 9.41. The van der Waals surface area contributed by atoms with Crippen LogP contribution in [0.15, 0.2) is 17.0 Å². The first-order valence-electron chi connectivity index (χ1n) is 4.03. The molecule has 0 spiro atoms. The molecule has 1 aromatic rings. The van der Waals surface area contributed by atoms with E-state index in [1.54, 1.807) is 13.8 Å². The average molecular weight is 260 g/mol. The van der Waals surface area contributed by atoms with E-state index in [0.717, 1.165) is 0 Å². The monoisotopic (exact) mass is 259 g/mol. The van der Waals surface area contributed by atoms with Crippen LogP contribution in [0.4, 0.5) is 10.6 Å². The fraction of sp³-hybridized carbons (Fsp3) is 0.375. The minimum Gasteiger partial charge on any atom is -0.447 e. The minimum absolute atomic E-state index is 0.154. The Morgan fingerprint density at radius 3 is 2.71 bits per heavy atom. The number of carbonyl (C=O) groups excluding carboxylic acids is 1. The van der Waals surface area contributed by atoms with Gasteiger partial charge in [0.2, 0.25) is 0 Å². The van der Waals surface area contributed by atoms with Crippen LogP contribution in [0, 0.1) is 0 Å². The number of nitrogens with zero attached hydrogens (tertiary/aromatic N) is 2. The van der Waals surface area contributed by atoms with E-state index in [1.807, 2.05) is 0 Å². The average Bonchev–Trinajstić information content (AvgIpc) is 2.07. The molecule has 1 amide bonds. The Bertz CT molecular complexity index is 313. The van der Waals surface area contributed by atoms with Crippen molar-refractivity contribution in [2.24, 2.45) is 0 Å². The van der Waals surface area contributed by atoms with Crippen molar-refractivity contribution >= 4 is 27.8 Å². The quantitative estimate of drug-likeness (QED) is 0.885. The van der Waals surface area contributed by atoms with Crippen LogP contribution in [0.5, 0.6) is 0 Å². The van der Waals surface area contributed by atoms with E-state index in [4.69, 9.17) is 4.74 Å². The lowest BCUT2D eigenvalue weighted by atomic mass is 10.5. The van der Waals surface area contributed by atoms with E-state index in [0.29, 0.717) is 10.4 Å². The fourth-order valence-electron chi connectivity index (χ4n) is 0.725. The molecule has 0 aliphatic heterocycles. The summed E-state index contributed by atoms with van der Waals surface area (Å²) in [4.78, 5) is 18.9. The fourth-order valence-corrected chi connectivity index (χ4v) is 0.930. The highest BCUT2D eigenvalue weighted by atomic mass is 79.9. The first-order chi connectivity index (χ1) is 6.58. The highest BCUT2D eigenvalue weighted by Crippen LogP contribution is 2.06. The summed E-state index contributed by atoms with van der Waals surface area (Å²) in [6.45, 7) is 3.54. The number of rotatable bonds is 2. The maximum absolute atomic E-state index is 11.1. The van der Waals surface area contributed by atoms with Crippen LogP contribution in [0.2, 0.25) is 0 Å². The number of ether oxygens (including phenoxy) is 1. The number of anilines is 1. The van der Waals surface area contributed by atoms with Crippen LogP contribution in [-0.4, -0.2) is 22.2 Å². The third-order valence-corrected chi connectivity index (χ3v) is 1.60. The van der Waals surface area contributed by atoms with Crippen LogP contribution in [0.1, 0.15) is 13.8 Å². The second kappa shape index (κ2) is 4.90. The molecule has 0 bridgehead atoms. The van der Waals surface area contributed by atoms with E-state index >= 15 is 0 Å². The molecular formula is C8H10BrN3O2. The molecule has 0 aliphatic carbocycles. The lowest BCUT2D eigenvalue weighted by Crippen LogP contribution is -2.18. The van der Waals surface area contributed by atoms with Gasteiger partial charge in [0.1, 0.15) is 4.60 Å². The van der Waals surface area contributed by atoms with Crippen molar-refractivity contribution in [1.82, 2.24) is 9.97 Å². The van der Waals surface area contributed by atoms with E-state index in [2.05, 4.69) is 31.2 Å². The predicted octanol–water partition coefficient (Wildman–Crippen LogP) is 2.20. The lowest BCUT2D eigenvalue weighted by Gasteiger charge is -2.08. The van der Waals surface area contributed by atoms with E-state index in [9.17, 15) is 4.79 Å². The van der Waals surface area contributed by atoms with Crippen molar-refractivity contribution in [3.63, 3.8) is 0 Å². The van der Waals surface area contributed by atoms with Gasteiger partial charge in [-0.15, -0.1) is 0 Å². The Morgan fingerprint density at radius 2 is 2.21 bits per heavy atom. The molecule has 0 aromatic carbocycles. The molecule has 76 valence electrons. The molecule has 0 aliphatic rings. The SMILES string of the molecule is CC(C)OC(=O)Nc1cnc(Br)cn1. The number of aromatic nitrogens is 2. The Labute approximate surface area is 90.0 Å². The molecule has 0 saturated heterocycles. The van der Waals surface area contributed by atoms with Crippen molar-refractivity contribution in [2.75, 3.05) is 5.32 Å². The number of nitrogens with one attached hydrogen (secondary N) is 1. The Balaban J connectivity index is 2.52. The molecule has 1 N–H and O–H groups in total. The largest absolute Gasteiger partial charge is 0.447 e. The van der Waals surface area contributed by atoms with Gasteiger partial charge in [-0.05, 0) is 29.8 Å². The van der Waals surface area contributed by atoms with Gasteiger partial charge in [0.25, 0.3) is 0 Å². The summed E-state index contributed by atoms with van der Waals surface area (Å²) in [5.41, 5.74) is 0. The van der Waals surface area contributed by atoms with Crippen molar-refractivity contribution in [2.45, 2.75) is 20.0 Å². The van der Waals surface area contributed by atoms with Crippen molar-refractivity contribution < 1.29 is 9.53 Å². The number of hydrogen-bond donors (Lipinski definition) is 1. The molecule has 1 aromatic heterocycles. The van der Waals surface area contributed by atoms with Crippen LogP contribution >= 0.6 is 15.9 Å². The lowest BCUT2D eigenvalue weighted by molar-refractivity contribution is 0.130. The second-order valence-electron chi connectivity index (χ2n) is 2.80. The van der Waals surface area contributed by atoms with Crippen LogP contribution in [0.25, 0.3) is 0 Å². The first kappa shape index (κ1) is 10.9. The van der Waals surface area contributed by atoms with Crippen molar-refractivity contribution in [3.8, 4) is 0 Å². The van der Waals surface area contributed by atoms with Gasteiger partial charge in [-0.1, -0.05) is 0 Å². The third-order valence-electron chi connectivity index (χ3n) is 1.19. The van der Waals surface area contributed by atoms with Gasteiger partial charge in [0, 0.05) is 0 Å². The number of carbonyl (C=O) groups is 1. The van der Waals surface area contributed by atoms with E-state index in [-0.39, 0.29) is 6.10 Å². The van der Waals surface area contributed by atoms with Gasteiger partial charge in [0.15, 0.2) is 5.82 Å². The number of amides is 1. The molecule has 6 heteroatoms. The first-order valence-corrected chi connectivity index (χ1v) is 4.82. The summed E-state index contributed by atoms with van der Waals surface area (Å²) < 4.78 is 5.47. The summed E-state index contributed by atoms with van der Waals surface area (Å²) in [5, 5.41) is 2.44. The molecule has 0 fully saturated rings. The molecule has 0 unspecified atom stereocenters. The molecular weight excluding hydrogens is 250 g/mol. The van der Waals surface area contributed by atoms with Crippen LogP contribution in [-0.2, 0) is 4.74 Å². The van der Waals surface area contributed by atoms with Crippen molar-refractivity contribution in [1.29, 1.82) is 0 Å². The highest BCUT2D eigenvalue weighted by Gasteiger charge is 2.05. The Morgan fingerprint density at radius 1 is 1.50 bits per heavy atom. The third kappa shape index (κ3) is 3.69. The molecule has 14 heavy (non-hydrogen) atoms. The summed E-state index contributed by atoms with van der Waals surface area (Å²) >= 11 is 3.13. The highest BCUT2D eigenvalue weighted by molar-refractivity contribution is 9.10. The summed E-state index contributed by atoms with van der Waals surface area (Å²) in [6, 6.07) is 0. The second-order valence-corrected chi connectivity index (χ2v) is 3.62. The number of hydrogen-bond acceptors (Lipinski definition) is 4. The Hall–Kier alpha value is -1.17. The zero-order chi connectivity index (χ0) is 10.6. The van der Waals surface area contributed by atoms with Crippen LogP contribution < -0.4 is 5.32 Å². The standard InChI is InChI=1S/C8H10BrN3O2/c1-5(2)14-8(13)12-7-4-10-6(9)3-11-7/h3-5H,1-2H3,(H,11,12,13). The van der Waals surface area contributed by atoms with Crippen LogP contribution in [0.3, 0.4) is 0 Å². The Kier molecular flexibility index (Phi) is 3.82. The molecule has 5 nitrogen and oxygen atoms in total. The van der Waals surface area contributed by atoms with E-state index < -0.39 is 6.09 Å². The molecule has 1 heterocycles. The summed E-state index contributed by atoms with van der Waals surface area (Å²) in [6.07, 6.45) is 2.24. The smallest absolute Gasteiger partial charge is 0.413 e. The van der Waals surface area contributed by atoms with Gasteiger partial charge in [-0.3, -0.25) is 5.32 Å². The summed E-state index contributed by atoms with van der Waals surface area (Å²) in [7, 11) is 0. The normalized spacial score (nSPS) is 10.0. The van der Waals surface area contributed by atoms with Gasteiger partial charge in [-0.25, -0.2) is 14.8 Å². The molecule has 0 saturated carbocycles. The summed E-state index contributed by atoms with van der Waals surface area (Å²) in [5.74, 6) is 0.360. The van der Waals surface area contributed by atoms with Gasteiger partial charge < -0.3 is 4.74 Å². The van der Waals surface area contributed by atoms with Gasteiger partial charge in [0.05, 0.1) is 18.5 Å². The predicted molar refractivity (Wildman–Crippen MR) is 55.0 cm³/mol. The molecule has 1 rings (SSSR count). The maximum Gasteiger partial charge on any atom is 0.413 e. The number of halogens is 1. The molecule has 0 atom stereocenters. The minimum atomic E-state index is -0.531. The van der Waals surface area contributed by atoms with Gasteiger partial charge >= 0.3 is 6.09 Å². The zero-order valence-electron chi connectivity index (χ0n) is 7.82.